The van der Waals surface area contributed by atoms with Crippen LogP contribution in [-0.4, -0.2) is 17.5 Å². The maximum atomic E-state index is 12.8. The summed E-state index contributed by atoms with van der Waals surface area (Å²) in [5.74, 6) is -2.50. The number of fused-ring (bicyclic) bond motifs is 1. The Bertz CT molecular complexity index is 791. The van der Waals surface area contributed by atoms with Crippen LogP contribution in [-0.2, 0) is 0 Å². The van der Waals surface area contributed by atoms with Gasteiger partial charge >= 0.3 is 0 Å². The molecule has 0 spiro atoms. The van der Waals surface area contributed by atoms with Crippen molar-refractivity contribution in [2.24, 2.45) is 0 Å². The van der Waals surface area contributed by atoms with Gasteiger partial charge in [0.15, 0.2) is 6.61 Å². The summed E-state index contributed by atoms with van der Waals surface area (Å²) in [5, 5.41) is 1.22. The lowest BCUT2D eigenvalue weighted by atomic mass is 10.1. The van der Waals surface area contributed by atoms with Crippen LogP contribution in [0.1, 0.15) is 12.5 Å². The average Bonchev–Trinajstić information content (AvgIpc) is 2.83. The number of thiophene rings is 1. The maximum Gasteiger partial charge on any atom is 0.278 e. The third kappa shape index (κ3) is 3.09. The fourth-order valence-corrected chi connectivity index (χ4v) is 3.41. The van der Waals surface area contributed by atoms with Crippen LogP contribution in [0.5, 0.6) is 5.75 Å². The van der Waals surface area contributed by atoms with Crippen LogP contribution in [0.2, 0.25) is 0 Å². The van der Waals surface area contributed by atoms with Crippen LogP contribution in [0, 0.1) is 6.92 Å². The molecule has 2 heterocycles. The Labute approximate surface area is 131 Å². The van der Waals surface area contributed by atoms with Crippen LogP contribution < -0.4 is 4.74 Å². The molecule has 2 aromatic heterocycles. The quantitative estimate of drug-likeness (QED) is 0.650. The molecular weight excluding hydrogens is 304 g/mol. The van der Waals surface area contributed by atoms with Crippen LogP contribution in [0.15, 0.2) is 42.6 Å². The molecule has 3 rings (SSSR count). The highest BCUT2D eigenvalue weighted by molar-refractivity contribution is 7.22. The third-order valence-corrected chi connectivity index (χ3v) is 4.60. The normalized spacial score (nSPS) is 11.8. The zero-order chi connectivity index (χ0) is 15.7. The van der Waals surface area contributed by atoms with Gasteiger partial charge in [-0.3, -0.25) is 4.98 Å². The standard InChI is InChI=1S/C17H15F2NOS/c1-11-13-5-3-4-6-15(13)22-16(11)14-8-7-12(9-20-14)21-10-17(2,18)19/h3-9H,10H2,1-2H3. The van der Waals surface area contributed by atoms with Gasteiger partial charge in [0.2, 0.25) is 0 Å². The zero-order valence-electron chi connectivity index (χ0n) is 12.3. The highest BCUT2D eigenvalue weighted by atomic mass is 32.1. The Hall–Kier alpha value is -2.01. The van der Waals surface area contributed by atoms with E-state index in [9.17, 15) is 8.78 Å². The average molecular weight is 319 g/mol. The number of alkyl halides is 2. The summed E-state index contributed by atoms with van der Waals surface area (Å²) in [6.45, 7) is 2.25. The van der Waals surface area contributed by atoms with E-state index in [-0.39, 0.29) is 0 Å². The number of hydrogen-bond acceptors (Lipinski definition) is 3. The van der Waals surface area contributed by atoms with Gasteiger partial charge in [0, 0.05) is 11.6 Å². The van der Waals surface area contributed by atoms with E-state index in [2.05, 4.69) is 24.0 Å². The van der Waals surface area contributed by atoms with Crippen molar-refractivity contribution in [1.82, 2.24) is 4.98 Å². The summed E-state index contributed by atoms with van der Waals surface area (Å²) in [6, 6.07) is 11.7. The van der Waals surface area contributed by atoms with Crippen LogP contribution in [0.25, 0.3) is 20.7 Å². The molecule has 0 N–H and O–H groups in total. The Morgan fingerprint density at radius 3 is 2.59 bits per heavy atom. The van der Waals surface area contributed by atoms with E-state index in [0.717, 1.165) is 17.5 Å². The molecule has 0 aliphatic heterocycles. The van der Waals surface area contributed by atoms with Crippen molar-refractivity contribution in [3.05, 3.63) is 48.2 Å². The largest absolute Gasteiger partial charge is 0.486 e. The number of halogens is 2. The van der Waals surface area contributed by atoms with Gasteiger partial charge in [-0.1, -0.05) is 18.2 Å². The molecule has 0 aliphatic carbocycles. The number of aryl methyl sites for hydroxylation is 1. The molecule has 0 bridgehead atoms. The molecule has 5 heteroatoms. The van der Waals surface area contributed by atoms with E-state index >= 15 is 0 Å². The minimum atomic E-state index is -2.85. The first kappa shape index (κ1) is 14.9. The van der Waals surface area contributed by atoms with Gasteiger partial charge < -0.3 is 4.74 Å². The molecule has 0 aliphatic rings. The molecule has 0 atom stereocenters. The van der Waals surface area contributed by atoms with Gasteiger partial charge in [0.05, 0.1) is 16.8 Å². The van der Waals surface area contributed by atoms with E-state index in [4.69, 9.17) is 4.74 Å². The SMILES string of the molecule is Cc1c(-c2ccc(OCC(C)(F)F)cn2)sc2ccccc12. The molecular formula is C17H15F2NOS. The lowest BCUT2D eigenvalue weighted by Crippen LogP contribution is -2.20. The molecule has 0 radical (unpaired) electrons. The first-order valence-corrected chi connectivity index (χ1v) is 7.71. The van der Waals surface area contributed by atoms with E-state index in [1.807, 2.05) is 12.1 Å². The molecule has 1 aromatic carbocycles. The van der Waals surface area contributed by atoms with Gasteiger partial charge in [0.25, 0.3) is 5.92 Å². The minimum absolute atomic E-state index is 0.351. The topological polar surface area (TPSA) is 22.1 Å². The van der Waals surface area contributed by atoms with E-state index < -0.39 is 12.5 Å². The van der Waals surface area contributed by atoms with Gasteiger partial charge in [-0.05, 0) is 36.1 Å². The van der Waals surface area contributed by atoms with Crippen molar-refractivity contribution in [2.75, 3.05) is 6.61 Å². The number of aromatic nitrogens is 1. The highest BCUT2D eigenvalue weighted by Gasteiger charge is 2.22. The number of pyridine rings is 1. The molecule has 0 saturated heterocycles. The second-order valence-corrected chi connectivity index (χ2v) is 6.34. The van der Waals surface area contributed by atoms with Crippen molar-refractivity contribution >= 4 is 21.4 Å². The minimum Gasteiger partial charge on any atom is -0.486 e. The zero-order valence-corrected chi connectivity index (χ0v) is 13.1. The summed E-state index contributed by atoms with van der Waals surface area (Å²) < 4.78 is 31.8. The molecule has 0 saturated carbocycles. The Balaban J connectivity index is 1.87. The van der Waals surface area contributed by atoms with E-state index in [1.54, 1.807) is 23.5 Å². The second-order valence-electron chi connectivity index (χ2n) is 5.29. The van der Waals surface area contributed by atoms with Crippen molar-refractivity contribution in [1.29, 1.82) is 0 Å². The molecule has 0 amide bonds. The first-order chi connectivity index (χ1) is 10.4. The van der Waals surface area contributed by atoms with Crippen molar-refractivity contribution in [3.63, 3.8) is 0 Å². The lowest BCUT2D eigenvalue weighted by molar-refractivity contribution is -0.0230. The van der Waals surface area contributed by atoms with Gasteiger partial charge in [-0.25, -0.2) is 8.78 Å². The van der Waals surface area contributed by atoms with E-state index in [1.165, 1.54) is 21.8 Å². The fraction of sp³-hybridized carbons (Fsp3) is 0.235. The Kier molecular flexibility index (Phi) is 3.83. The number of hydrogen-bond donors (Lipinski definition) is 0. The van der Waals surface area contributed by atoms with Gasteiger partial charge in [0.1, 0.15) is 5.75 Å². The lowest BCUT2D eigenvalue weighted by Gasteiger charge is -2.11. The first-order valence-electron chi connectivity index (χ1n) is 6.89. The van der Waals surface area contributed by atoms with Gasteiger partial charge in [-0.2, -0.15) is 0 Å². The summed E-state index contributed by atoms with van der Waals surface area (Å²) >= 11 is 1.68. The van der Waals surface area contributed by atoms with E-state index in [0.29, 0.717) is 5.75 Å². The Morgan fingerprint density at radius 2 is 1.95 bits per heavy atom. The number of rotatable bonds is 4. The van der Waals surface area contributed by atoms with Gasteiger partial charge in [-0.15, -0.1) is 11.3 Å². The molecule has 0 unspecified atom stereocenters. The molecule has 22 heavy (non-hydrogen) atoms. The van der Waals surface area contributed by atoms with Crippen molar-refractivity contribution in [3.8, 4) is 16.3 Å². The van der Waals surface area contributed by atoms with Crippen LogP contribution in [0.3, 0.4) is 0 Å². The molecule has 114 valence electrons. The second kappa shape index (κ2) is 5.65. The van der Waals surface area contributed by atoms with Crippen LogP contribution >= 0.6 is 11.3 Å². The summed E-state index contributed by atoms with van der Waals surface area (Å²) in [6.07, 6.45) is 1.49. The van der Waals surface area contributed by atoms with Crippen molar-refractivity contribution in [2.45, 2.75) is 19.8 Å². The number of benzene rings is 1. The Morgan fingerprint density at radius 1 is 1.18 bits per heavy atom. The fourth-order valence-electron chi connectivity index (χ4n) is 2.23. The molecule has 3 aromatic rings. The monoisotopic (exact) mass is 319 g/mol. The van der Waals surface area contributed by atoms with Crippen LogP contribution in [0.4, 0.5) is 8.78 Å². The highest BCUT2D eigenvalue weighted by Crippen LogP contribution is 2.37. The molecule has 2 nitrogen and oxygen atoms in total. The summed E-state index contributed by atoms with van der Waals surface area (Å²) in [7, 11) is 0. The predicted octanol–water partition coefficient (Wildman–Crippen LogP) is 5.31. The smallest absolute Gasteiger partial charge is 0.278 e. The molecule has 0 fully saturated rings. The predicted molar refractivity (Wildman–Crippen MR) is 85.9 cm³/mol. The third-order valence-electron chi connectivity index (χ3n) is 3.30. The maximum absolute atomic E-state index is 12.8. The van der Waals surface area contributed by atoms with Crippen molar-refractivity contribution < 1.29 is 13.5 Å². The summed E-state index contributed by atoms with van der Waals surface area (Å²) in [5.41, 5.74) is 2.01. The number of ether oxygens (including phenoxy) is 1. The summed E-state index contributed by atoms with van der Waals surface area (Å²) in [4.78, 5) is 5.44. The number of nitrogens with zero attached hydrogens (tertiary/aromatic N) is 1.